The first-order valence-corrected chi connectivity index (χ1v) is 9.33. The largest absolute Gasteiger partial charge is 0.493 e. The highest BCUT2D eigenvalue weighted by atomic mass is 19.1. The highest BCUT2D eigenvalue weighted by molar-refractivity contribution is 5.86. The molecule has 1 amide bonds. The maximum Gasteiger partial charge on any atom is 0.259 e. The van der Waals surface area contributed by atoms with E-state index in [9.17, 15) is 9.18 Å². The Labute approximate surface area is 164 Å². The smallest absolute Gasteiger partial charge is 0.259 e. The standard InChI is InChI=1S/C21H26FN3O3/c1-3-11-27-19-10-5-16(20(13-19)28-12-4-2)14-24-25-21(26)15-23-18-8-6-17(22)7-9-18/h5-10,13-14,23H,3-4,11-12,15H2,1-2H3,(H,25,26)/b24-14+. The van der Waals surface area contributed by atoms with Crippen molar-refractivity contribution in [3.05, 3.63) is 53.8 Å². The third kappa shape index (κ3) is 7.26. The number of amides is 1. The van der Waals surface area contributed by atoms with Gasteiger partial charge in [-0.15, -0.1) is 0 Å². The lowest BCUT2D eigenvalue weighted by molar-refractivity contribution is -0.119. The number of hydrogen-bond acceptors (Lipinski definition) is 5. The van der Waals surface area contributed by atoms with Gasteiger partial charge in [-0.2, -0.15) is 5.10 Å². The Kier molecular flexibility index (Phi) is 8.78. The summed E-state index contributed by atoms with van der Waals surface area (Å²) in [6.45, 7) is 5.30. The zero-order chi connectivity index (χ0) is 20.2. The number of benzene rings is 2. The van der Waals surface area contributed by atoms with Crippen LogP contribution in [0.1, 0.15) is 32.3 Å². The van der Waals surface area contributed by atoms with Gasteiger partial charge in [0.2, 0.25) is 0 Å². The van der Waals surface area contributed by atoms with Crippen molar-refractivity contribution in [3.63, 3.8) is 0 Å². The van der Waals surface area contributed by atoms with Gasteiger partial charge in [-0.05, 0) is 49.2 Å². The minimum Gasteiger partial charge on any atom is -0.493 e. The van der Waals surface area contributed by atoms with Gasteiger partial charge < -0.3 is 14.8 Å². The lowest BCUT2D eigenvalue weighted by Gasteiger charge is -2.11. The summed E-state index contributed by atoms with van der Waals surface area (Å²) in [6, 6.07) is 11.3. The highest BCUT2D eigenvalue weighted by Gasteiger charge is 2.05. The first-order chi connectivity index (χ1) is 13.6. The van der Waals surface area contributed by atoms with Crippen LogP contribution in [0.3, 0.4) is 0 Å². The average Bonchev–Trinajstić information content (AvgIpc) is 2.71. The van der Waals surface area contributed by atoms with Crippen molar-refractivity contribution in [1.29, 1.82) is 0 Å². The minimum atomic E-state index is -0.327. The van der Waals surface area contributed by atoms with Crippen molar-refractivity contribution in [2.75, 3.05) is 25.1 Å². The van der Waals surface area contributed by atoms with Crippen molar-refractivity contribution in [3.8, 4) is 11.5 Å². The number of hydrazone groups is 1. The third-order valence-corrected chi connectivity index (χ3v) is 3.61. The van der Waals surface area contributed by atoms with E-state index in [-0.39, 0.29) is 18.3 Å². The molecule has 2 rings (SSSR count). The molecule has 7 heteroatoms. The van der Waals surface area contributed by atoms with Gasteiger partial charge >= 0.3 is 0 Å². The van der Waals surface area contributed by atoms with Crippen LogP contribution in [0.15, 0.2) is 47.6 Å². The molecule has 0 aliphatic rings. The molecule has 0 fully saturated rings. The van der Waals surface area contributed by atoms with E-state index >= 15 is 0 Å². The monoisotopic (exact) mass is 387 g/mol. The van der Waals surface area contributed by atoms with Gasteiger partial charge in [0.25, 0.3) is 5.91 Å². The maximum absolute atomic E-state index is 12.9. The number of nitrogens with zero attached hydrogens (tertiary/aromatic N) is 1. The molecule has 0 spiro atoms. The van der Waals surface area contributed by atoms with Crippen molar-refractivity contribution in [2.24, 2.45) is 5.10 Å². The number of nitrogens with one attached hydrogen (secondary N) is 2. The molecule has 0 unspecified atom stereocenters. The van der Waals surface area contributed by atoms with Crippen molar-refractivity contribution in [1.82, 2.24) is 5.43 Å². The highest BCUT2D eigenvalue weighted by Crippen LogP contribution is 2.24. The molecule has 2 N–H and O–H groups in total. The normalized spacial score (nSPS) is 10.7. The van der Waals surface area contributed by atoms with E-state index in [0.29, 0.717) is 24.7 Å². The van der Waals surface area contributed by atoms with E-state index in [1.165, 1.54) is 18.3 Å². The van der Waals surface area contributed by atoms with E-state index in [1.807, 2.05) is 32.0 Å². The molecule has 2 aromatic rings. The molecule has 0 aliphatic carbocycles. The summed E-state index contributed by atoms with van der Waals surface area (Å²) < 4.78 is 24.2. The van der Waals surface area contributed by atoms with Crippen LogP contribution in [0.5, 0.6) is 11.5 Å². The van der Waals surface area contributed by atoms with Crippen LogP contribution in [0.4, 0.5) is 10.1 Å². The molecule has 0 aliphatic heterocycles. The lowest BCUT2D eigenvalue weighted by Crippen LogP contribution is -2.25. The Balaban J connectivity index is 1.91. The fourth-order valence-electron chi connectivity index (χ4n) is 2.23. The van der Waals surface area contributed by atoms with E-state index in [2.05, 4.69) is 15.8 Å². The number of rotatable bonds is 11. The molecular weight excluding hydrogens is 361 g/mol. The summed E-state index contributed by atoms with van der Waals surface area (Å²) in [5.41, 5.74) is 3.84. The van der Waals surface area contributed by atoms with Gasteiger partial charge in [0, 0.05) is 17.3 Å². The van der Waals surface area contributed by atoms with Crippen LogP contribution >= 0.6 is 0 Å². The summed E-state index contributed by atoms with van der Waals surface area (Å²) in [6.07, 6.45) is 3.33. The lowest BCUT2D eigenvalue weighted by atomic mass is 10.2. The van der Waals surface area contributed by atoms with Crippen LogP contribution in [-0.4, -0.2) is 31.9 Å². The zero-order valence-electron chi connectivity index (χ0n) is 16.2. The molecule has 0 heterocycles. The fourth-order valence-corrected chi connectivity index (χ4v) is 2.23. The molecule has 28 heavy (non-hydrogen) atoms. The fraction of sp³-hybridized carbons (Fsp3) is 0.333. The van der Waals surface area contributed by atoms with Crippen molar-refractivity contribution in [2.45, 2.75) is 26.7 Å². The van der Waals surface area contributed by atoms with Gasteiger partial charge in [0.15, 0.2) is 0 Å². The first kappa shape index (κ1) is 21.2. The van der Waals surface area contributed by atoms with Gasteiger partial charge in [0.1, 0.15) is 17.3 Å². The summed E-state index contributed by atoms with van der Waals surface area (Å²) >= 11 is 0. The second-order valence-corrected chi connectivity index (χ2v) is 6.05. The molecule has 0 aromatic heterocycles. The summed E-state index contributed by atoms with van der Waals surface area (Å²) in [4.78, 5) is 11.9. The Hall–Kier alpha value is -3.09. The molecule has 6 nitrogen and oxygen atoms in total. The van der Waals surface area contributed by atoms with Crippen molar-refractivity contribution < 1.29 is 18.7 Å². The van der Waals surface area contributed by atoms with Gasteiger partial charge in [-0.3, -0.25) is 4.79 Å². The minimum absolute atomic E-state index is 0.0198. The number of hydrogen-bond donors (Lipinski definition) is 2. The molecular formula is C21H26FN3O3. The number of ether oxygens (including phenoxy) is 2. The number of halogens is 1. The zero-order valence-corrected chi connectivity index (χ0v) is 16.2. The van der Waals surface area contributed by atoms with E-state index in [4.69, 9.17) is 9.47 Å². The summed E-state index contributed by atoms with van der Waals surface area (Å²) in [5.74, 6) is 0.738. The van der Waals surface area contributed by atoms with E-state index in [1.54, 1.807) is 12.1 Å². The second-order valence-electron chi connectivity index (χ2n) is 6.05. The van der Waals surface area contributed by atoms with E-state index < -0.39 is 0 Å². The molecule has 0 bridgehead atoms. The molecule has 2 aromatic carbocycles. The predicted molar refractivity (Wildman–Crippen MR) is 109 cm³/mol. The Morgan fingerprint density at radius 3 is 2.50 bits per heavy atom. The summed E-state index contributed by atoms with van der Waals surface area (Å²) in [7, 11) is 0. The van der Waals surface area contributed by atoms with Crippen LogP contribution < -0.4 is 20.2 Å². The third-order valence-electron chi connectivity index (χ3n) is 3.61. The van der Waals surface area contributed by atoms with Crippen LogP contribution in [0.25, 0.3) is 0 Å². The van der Waals surface area contributed by atoms with Gasteiger partial charge in [-0.1, -0.05) is 13.8 Å². The average molecular weight is 387 g/mol. The first-order valence-electron chi connectivity index (χ1n) is 9.33. The Morgan fingerprint density at radius 1 is 1.07 bits per heavy atom. The Morgan fingerprint density at radius 2 is 1.79 bits per heavy atom. The predicted octanol–water partition coefficient (Wildman–Crippen LogP) is 3.97. The summed E-state index contributed by atoms with van der Waals surface area (Å²) in [5, 5.41) is 6.88. The van der Waals surface area contributed by atoms with Crippen molar-refractivity contribution >= 4 is 17.8 Å². The van der Waals surface area contributed by atoms with Gasteiger partial charge in [0.05, 0.1) is 26.0 Å². The van der Waals surface area contributed by atoms with E-state index in [0.717, 1.165) is 24.2 Å². The number of carbonyl (C=O) groups is 1. The number of anilines is 1. The molecule has 0 radical (unpaired) electrons. The quantitative estimate of drug-likeness (QED) is 0.452. The topological polar surface area (TPSA) is 72.0 Å². The van der Waals surface area contributed by atoms with Crippen LogP contribution in [0.2, 0.25) is 0 Å². The molecule has 0 saturated carbocycles. The second kappa shape index (κ2) is 11.6. The maximum atomic E-state index is 12.9. The van der Waals surface area contributed by atoms with Crippen LogP contribution in [0, 0.1) is 5.82 Å². The SMILES string of the molecule is CCCOc1ccc(/C=N/NC(=O)CNc2ccc(F)cc2)c(OCCC)c1. The van der Waals surface area contributed by atoms with Gasteiger partial charge in [-0.25, -0.2) is 9.82 Å². The number of carbonyl (C=O) groups excluding carboxylic acids is 1. The molecule has 0 atom stereocenters. The van der Waals surface area contributed by atoms with Crippen LogP contribution in [-0.2, 0) is 4.79 Å². The molecule has 150 valence electrons. The molecule has 0 saturated heterocycles. The Bertz CT molecular complexity index is 779.